The Labute approximate surface area is 176 Å². The molecule has 0 bridgehead atoms. The van der Waals surface area contributed by atoms with Crippen LogP contribution in [-0.2, 0) is 9.59 Å². The van der Waals surface area contributed by atoms with Gasteiger partial charge in [0.05, 0.1) is 4.88 Å². The molecule has 29 heavy (non-hydrogen) atoms. The fourth-order valence-corrected chi connectivity index (χ4v) is 3.58. The van der Waals surface area contributed by atoms with Crippen LogP contribution in [0.2, 0.25) is 0 Å². The number of nitrogens with zero attached hydrogens (tertiary/aromatic N) is 1. The Morgan fingerprint density at radius 2 is 1.62 bits per heavy atom. The van der Waals surface area contributed by atoms with Crippen LogP contribution in [0.1, 0.15) is 55.6 Å². The molecule has 2 rings (SSSR count). The molecule has 6 nitrogen and oxygen atoms in total. The number of carbonyl (C=O) groups is 3. The van der Waals surface area contributed by atoms with Gasteiger partial charge in [0.1, 0.15) is 0 Å². The van der Waals surface area contributed by atoms with Gasteiger partial charge in [-0.1, -0.05) is 26.0 Å². The second-order valence-electron chi connectivity index (χ2n) is 6.79. The van der Waals surface area contributed by atoms with Crippen LogP contribution in [0.3, 0.4) is 0 Å². The van der Waals surface area contributed by atoms with Crippen molar-refractivity contribution in [3.8, 4) is 0 Å². The Balaban J connectivity index is 1.80. The van der Waals surface area contributed by atoms with Crippen LogP contribution in [0.25, 0.3) is 0 Å². The largest absolute Gasteiger partial charge is 0.343 e. The second kappa shape index (κ2) is 12.0. The first-order chi connectivity index (χ1) is 14.0. The quantitative estimate of drug-likeness (QED) is 0.555. The van der Waals surface area contributed by atoms with Crippen LogP contribution in [0.4, 0.5) is 11.4 Å². The number of amides is 3. The molecule has 2 N–H and O–H groups in total. The minimum Gasteiger partial charge on any atom is -0.343 e. The molecule has 1 heterocycles. The van der Waals surface area contributed by atoms with Gasteiger partial charge in [-0.15, -0.1) is 11.3 Å². The summed E-state index contributed by atoms with van der Waals surface area (Å²) in [6, 6.07) is 10.6. The van der Waals surface area contributed by atoms with Crippen molar-refractivity contribution in [3.63, 3.8) is 0 Å². The van der Waals surface area contributed by atoms with Gasteiger partial charge in [0, 0.05) is 37.3 Å². The van der Waals surface area contributed by atoms with Crippen LogP contribution < -0.4 is 10.6 Å². The molecule has 0 aliphatic rings. The minimum atomic E-state index is -0.175. The van der Waals surface area contributed by atoms with E-state index in [4.69, 9.17) is 0 Å². The summed E-state index contributed by atoms with van der Waals surface area (Å²) in [6.07, 6.45) is 3.05. The van der Waals surface area contributed by atoms with Crippen LogP contribution >= 0.6 is 11.3 Å². The van der Waals surface area contributed by atoms with E-state index in [1.54, 1.807) is 30.3 Å². The van der Waals surface area contributed by atoms with E-state index in [1.807, 2.05) is 16.3 Å². The van der Waals surface area contributed by atoms with Crippen molar-refractivity contribution >= 4 is 40.4 Å². The maximum Gasteiger partial charge on any atom is 0.265 e. The van der Waals surface area contributed by atoms with E-state index in [0.29, 0.717) is 29.1 Å². The molecule has 2 aromatic rings. The number of carbonyl (C=O) groups excluding carboxylic acids is 3. The molecular weight excluding hydrogens is 386 g/mol. The van der Waals surface area contributed by atoms with Crippen molar-refractivity contribution in [1.29, 1.82) is 0 Å². The summed E-state index contributed by atoms with van der Waals surface area (Å²) in [4.78, 5) is 39.1. The first-order valence-corrected chi connectivity index (χ1v) is 10.9. The molecule has 3 amide bonds. The third-order valence-corrected chi connectivity index (χ3v) is 5.15. The summed E-state index contributed by atoms with van der Waals surface area (Å²) in [7, 11) is 0. The number of hydrogen-bond acceptors (Lipinski definition) is 4. The van der Waals surface area contributed by atoms with Crippen LogP contribution in [-0.4, -0.2) is 35.7 Å². The summed E-state index contributed by atoms with van der Waals surface area (Å²) in [5, 5.41) is 7.50. The number of rotatable bonds is 11. The number of nitrogens with one attached hydrogen (secondary N) is 2. The Bertz CT molecular complexity index is 799. The summed E-state index contributed by atoms with van der Waals surface area (Å²) in [5.74, 6) is -0.206. The first-order valence-electron chi connectivity index (χ1n) is 10.1. The van der Waals surface area contributed by atoms with Crippen LogP contribution in [0.5, 0.6) is 0 Å². The molecule has 0 unspecified atom stereocenters. The number of hydrogen-bond donors (Lipinski definition) is 2. The maximum atomic E-state index is 12.3. The first kappa shape index (κ1) is 22.6. The van der Waals surface area contributed by atoms with Gasteiger partial charge >= 0.3 is 0 Å². The molecule has 0 saturated heterocycles. The number of thiophene rings is 1. The van der Waals surface area contributed by atoms with Gasteiger partial charge in [-0.3, -0.25) is 14.4 Å². The highest BCUT2D eigenvalue weighted by atomic mass is 32.1. The molecule has 0 radical (unpaired) electrons. The summed E-state index contributed by atoms with van der Waals surface area (Å²) in [6.45, 7) is 5.65. The molecule has 0 saturated carbocycles. The average molecular weight is 416 g/mol. The Hall–Kier alpha value is -2.67. The summed E-state index contributed by atoms with van der Waals surface area (Å²) < 4.78 is 0. The highest BCUT2D eigenvalue weighted by molar-refractivity contribution is 7.12. The molecule has 1 aromatic carbocycles. The summed E-state index contributed by atoms with van der Waals surface area (Å²) in [5.41, 5.74) is 1.23. The fraction of sp³-hybridized carbons (Fsp3) is 0.409. The Morgan fingerprint density at radius 3 is 2.24 bits per heavy atom. The predicted molar refractivity (Wildman–Crippen MR) is 118 cm³/mol. The molecule has 0 aliphatic heterocycles. The molecule has 7 heteroatoms. The van der Waals surface area contributed by atoms with E-state index in [1.165, 1.54) is 11.3 Å². The van der Waals surface area contributed by atoms with Crippen molar-refractivity contribution in [1.82, 2.24) is 4.90 Å². The molecule has 0 aliphatic carbocycles. The van der Waals surface area contributed by atoms with E-state index in [2.05, 4.69) is 24.5 Å². The average Bonchev–Trinajstić information content (AvgIpc) is 3.23. The van der Waals surface area contributed by atoms with Gasteiger partial charge in [-0.05, 0) is 48.9 Å². The molecule has 0 spiro atoms. The molecule has 0 atom stereocenters. The van der Waals surface area contributed by atoms with E-state index < -0.39 is 0 Å². The predicted octanol–water partition coefficient (Wildman–Crippen LogP) is 4.76. The number of anilines is 2. The van der Waals surface area contributed by atoms with Gasteiger partial charge in [-0.25, -0.2) is 0 Å². The topological polar surface area (TPSA) is 78.5 Å². The SMILES string of the molecule is CCCN(CCC)C(=O)CCCC(=O)Nc1cccc(NC(=O)c2cccs2)c1. The smallest absolute Gasteiger partial charge is 0.265 e. The molecule has 0 fully saturated rings. The van der Waals surface area contributed by atoms with Gasteiger partial charge in [0.25, 0.3) is 5.91 Å². The maximum absolute atomic E-state index is 12.3. The lowest BCUT2D eigenvalue weighted by Crippen LogP contribution is -2.32. The lowest BCUT2D eigenvalue weighted by atomic mass is 10.2. The van der Waals surface area contributed by atoms with Gasteiger partial charge < -0.3 is 15.5 Å². The van der Waals surface area contributed by atoms with Gasteiger partial charge in [0.2, 0.25) is 11.8 Å². The Morgan fingerprint density at radius 1 is 0.931 bits per heavy atom. The zero-order valence-corrected chi connectivity index (χ0v) is 17.9. The molecular formula is C22H29N3O3S. The van der Waals surface area contributed by atoms with Crippen LogP contribution in [0, 0.1) is 0 Å². The summed E-state index contributed by atoms with van der Waals surface area (Å²) >= 11 is 1.37. The van der Waals surface area contributed by atoms with Crippen LogP contribution in [0.15, 0.2) is 41.8 Å². The normalized spacial score (nSPS) is 10.4. The lowest BCUT2D eigenvalue weighted by molar-refractivity contribution is -0.131. The van der Waals surface area contributed by atoms with E-state index in [-0.39, 0.29) is 24.1 Å². The van der Waals surface area contributed by atoms with Crippen molar-refractivity contribution in [2.45, 2.75) is 46.0 Å². The van der Waals surface area contributed by atoms with Crippen molar-refractivity contribution in [2.75, 3.05) is 23.7 Å². The van der Waals surface area contributed by atoms with Crippen molar-refractivity contribution in [2.24, 2.45) is 0 Å². The lowest BCUT2D eigenvalue weighted by Gasteiger charge is -2.21. The molecule has 156 valence electrons. The fourth-order valence-electron chi connectivity index (χ4n) is 2.96. The van der Waals surface area contributed by atoms with E-state index in [9.17, 15) is 14.4 Å². The highest BCUT2D eigenvalue weighted by Crippen LogP contribution is 2.18. The standard InChI is InChI=1S/C22H29N3O3S/c1-3-13-25(14-4-2)21(27)12-6-11-20(26)23-17-8-5-9-18(16-17)24-22(28)19-10-7-15-29-19/h5,7-10,15-16H,3-4,6,11-14H2,1-2H3,(H,23,26)(H,24,28). The molecule has 1 aromatic heterocycles. The van der Waals surface area contributed by atoms with E-state index in [0.717, 1.165) is 25.9 Å². The number of benzene rings is 1. The second-order valence-corrected chi connectivity index (χ2v) is 7.74. The van der Waals surface area contributed by atoms with Crippen molar-refractivity contribution in [3.05, 3.63) is 46.7 Å². The zero-order chi connectivity index (χ0) is 21.1. The van der Waals surface area contributed by atoms with Gasteiger partial charge in [0.15, 0.2) is 0 Å². The van der Waals surface area contributed by atoms with E-state index >= 15 is 0 Å². The Kier molecular flexibility index (Phi) is 9.37. The van der Waals surface area contributed by atoms with Gasteiger partial charge in [-0.2, -0.15) is 0 Å². The highest BCUT2D eigenvalue weighted by Gasteiger charge is 2.13. The third-order valence-electron chi connectivity index (χ3n) is 4.28. The zero-order valence-electron chi connectivity index (χ0n) is 17.1. The van der Waals surface area contributed by atoms with Crippen molar-refractivity contribution < 1.29 is 14.4 Å². The minimum absolute atomic E-state index is 0.111. The monoisotopic (exact) mass is 415 g/mol. The third kappa shape index (κ3) is 7.69.